The van der Waals surface area contributed by atoms with Crippen molar-refractivity contribution in [3.8, 4) is 17.2 Å². The molecule has 0 bridgehead atoms. The van der Waals surface area contributed by atoms with Gasteiger partial charge in [-0.3, -0.25) is 9.10 Å². The number of rotatable bonds is 9. The van der Waals surface area contributed by atoms with Crippen molar-refractivity contribution in [3.63, 3.8) is 0 Å². The van der Waals surface area contributed by atoms with Gasteiger partial charge in [0.15, 0.2) is 0 Å². The number of hydrogen-bond donors (Lipinski definition) is 1. The predicted molar refractivity (Wildman–Crippen MR) is 132 cm³/mol. The molecule has 3 aromatic carbocycles. The smallest absolute Gasteiger partial charge is 0.264 e. The van der Waals surface area contributed by atoms with Crippen LogP contribution in [0.15, 0.2) is 65.6 Å². The summed E-state index contributed by atoms with van der Waals surface area (Å²) in [5, 5.41) is 3.22. The van der Waals surface area contributed by atoms with Crippen molar-refractivity contribution < 1.29 is 27.4 Å². The van der Waals surface area contributed by atoms with E-state index in [0.717, 1.165) is 4.31 Å². The van der Waals surface area contributed by atoms with Gasteiger partial charge in [0.1, 0.15) is 23.8 Å². The highest BCUT2D eigenvalue weighted by molar-refractivity contribution is 7.92. The van der Waals surface area contributed by atoms with Crippen LogP contribution in [0.25, 0.3) is 0 Å². The molecule has 0 aliphatic carbocycles. The van der Waals surface area contributed by atoms with E-state index in [0.29, 0.717) is 5.75 Å². The topological polar surface area (TPSA) is 94.2 Å². The summed E-state index contributed by atoms with van der Waals surface area (Å²) in [7, 11) is 0.0675. The summed E-state index contributed by atoms with van der Waals surface area (Å²) in [5.41, 5.74) is 0.360. The molecule has 0 saturated heterocycles. The van der Waals surface area contributed by atoms with E-state index in [2.05, 4.69) is 5.32 Å². The van der Waals surface area contributed by atoms with E-state index in [1.807, 2.05) is 0 Å². The number of methoxy groups -OCH3 is 3. The van der Waals surface area contributed by atoms with Crippen LogP contribution in [0.4, 0.5) is 11.4 Å². The lowest BCUT2D eigenvalue weighted by Crippen LogP contribution is -2.38. The molecule has 0 aliphatic rings. The molecule has 0 aliphatic heterocycles. The summed E-state index contributed by atoms with van der Waals surface area (Å²) in [4.78, 5) is 13.1. The van der Waals surface area contributed by atoms with E-state index in [4.69, 9.17) is 37.4 Å². The first-order valence-electron chi connectivity index (χ1n) is 9.84. The van der Waals surface area contributed by atoms with Crippen molar-refractivity contribution in [2.75, 3.05) is 37.5 Å². The van der Waals surface area contributed by atoms with Crippen molar-refractivity contribution in [3.05, 3.63) is 70.7 Å². The highest BCUT2D eigenvalue weighted by Gasteiger charge is 2.30. The molecule has 0 heterocycles. The fourth-order valence-electron chi connectivity index (χ4n) is 3.16. The van der Waals surface area contributed by atoms with Gasteiger partial charge in [0, 0.05) is 17.2 Å². The molecule has 0 fully saturated rings. The summed E-state index contributed by atoms with van der Waals surface area (Å²) in [6.45, 7) is -0.581. The van der Waals surface area contributed by atoms with E-state index in [1.54, 1.807) is 24.3 Å². The van der Waals surface area contributed by atoms with Gasteiger partial charge in [-0.05, 0) is 30.3 Å². The molecule has 11 heteroatoms. The predicted octanol–water partition coefficient (Wildman–Crippen LogP) is 4.85. The molecule has 3 aromatic rings. The first-order valence-corrected chi connectivity index (χ1v) is 12.0. The van der Waals surface area contributed by atoms with Crippen LogP contribution in [0.2, 0.25) is 10.0 Å². The summed E-state index contributed by atoms with van der Waals surface area (Å²) in [5.74, 6) is 0.159. The van der Waals surface area contributed by atoms with Crippen LogP contribution in [0.1, 0.15) is 0 Å². The molecule has 0 radical (unpaired) electrons. The second-order valence-electron chi connectivity index (χ2n) is 6.88. The number of nitrogens with one attached hydrogen (secondary N) is 1. The molecule has 0 saturated carbocycles. The number of hydrogen-bond acceptors (Lipinski definition) is 6. The van der Waals surface area contributed by atoms with Gasteiger partial charge in [0.05, 0.1) is 42.6 Å². The Morgan fingerprint density at radius 3 is 2.15 bits per heavy atom. The van der Waals surface area contributed by atoms with E-state index >= 15 is 0 Å². The van der Waals surface area contributed by atoms with Crippen LogP contribution in [-0.4, -0.2) is 42.2 Å². The van der Waals surface area contributed by atoms with Crippen LogP contribution in [0.3, 0.4) is 0 Å². The van der Waals surface area contributed by atoms with Crippen LogP contribution in [-0.2, 0) is 14.8 Å². The Kier molecular flexibility index (Phi) is 8.14. The highest BCUT2D eigenvalue weighted by atomic mass is 35.5. The van der Waals surface area contributed by atoms with E-state index < -0.39 is 22.5 Å². The van der Waals surface area contributed by atoms with E-state index in [1.165, 1.54) is 57.7 Å². The SMILES string of the molecule is COc1cc(NC(=O)CN(c2cc(Cl)ccc2OC)S(=O)(=O)c2ccccc2)c(OC)cc1Cl. The Morgan fingerprint density at radius 1 is 0.882 bits per heavy atom. The third-order valence-corrected chi connectivity index (χ3v) is 7.08. The molecule has 0 unspecified atom stereocenters. The van der Waals surface area contributed by atoms with Gasteiger partial charge in [-0.15, -0.1) is 0 Å². The Morgan fingerprint density at radius 2 is 1.53 bits per heavy atom. The zero-order chi connectivity index (χ0) is 24.9. The Hall–Kier alpha value is -3.14. The van der Waals surface area contributed by atoms with Gasteiger partial charge < -0.3 is 19.5 Å². The van der Waals surface area contributed by atoms with Gasteiger partial charge >= 0.3 is 0 Å². The average molecular weight is 525 g/mol. The van der Waals surface area contributed by atoms with Gasteiger partial charge in [-0.25, -0.2) is 8.42 Å². The number of sulfonamides is 1. The molecule has 1 amide bonds. The minimum atomic E-state index is -4.17. The first kappa shape index (κ1) is 25.5. The number of carbonyl (C=O) groups excluding carboxylic acids is 1. The molecule has 0 spiro atoms. The van der Waals surface area contributed by atoms with Crippen molar-refractivity contribution in [2.45, 2.75) is 4.90 Å². The van der Waals surface area contributed by atoms with E-state index in [-0.39, 0.29) is 37.8 Å². The third kappa shape index (κ3) is 5.49. The molecule has 34 heavy (non-hydrogen) atoms. The minimum Gasteiger partial charge on any atom is -0.495 e. The van der Waals surface area contributed by atoms with Crippen molar-refractivity contribution in [1.29, 1.82) is 0 Å². The normalized spacial score (nSPS) is 11.0. The lowest BCUT2D eigenvalue weighted by Gasteiger charge is -2.26. The number of amides is 1. The number of nitrogens with zero attached hydrogens (tertiary/aromatic N) is 1. The van der Waals surface area contributed by atoms with Gasteiger partial charge in [0.25, 0.3) is 10.0 Å². The van der Waals surface area contributed by atoms with Crippen molar-refractivity contribution >= 4 is 50.5 Å². The maximum absolute atomic E-state index is 13.6. The molecule has 0 aromatic heterocycles. The van der Waals surface area contributed by atoms with Crippen molar-refractivity contribution in [1.82, 2.24) is 0 Å². The Balaban J connectivity index is 2.04. The zero-order valence-electron chi connectivity index (χ0n) is 18.5. The quantitative estimate of drug-likeness (QED) is 0.429. The lowest BCUT2D eigenvalue weighted by atomic mass is 10.2. The number of carbonyl (C=O) groups is 1. The second-order valence-corrected chi connectivity index (χ2v) is 9.58. The highest BCUT2D eigenvalue weighted by Crippen LogP contribution is 2.37. The van der Waals surface area contributed by atoms with Gasteiger partial charge in [0.2, 0.25) is 5.91 Å². The largest absolute Gasteiger partial charge is 0.495 e. The number of benzene rings is 3. The molecule has 8 nitrogen and oxygen atoms in total. The lowest BCUT2D eigenvalue weighted by molar-refractivity contribution is -0.114. The fourth-order valence-corrected chi connectivity index (χ4v) is 5.00. The molecule has 3 rings (SSSR count). The maximum atomic E-state index is 13.6. The fraction of sp³-hybridized carbons (Fsp3) is 0.174. The molecule has 0 atom stereocenters. The monoisotopic (exact) mass is 524 g/mol. The summed E-state index contributed by atoms with van der Waals surface area (Å²) >= 11 is 12.3. The van der Waals surface area contributed by atoms with E-state index in [9.17, 15) is 13.2 Å². The number of anilines is 2. The summed E-state index contributed by atoms with van der Waals surface area (Å²) < 4.78 is 43.9. The molecular weight excluding hydrogens is 503 g/mol. The Bertz CT molecular complexity index is 1290. The number of halogens is 2. The minimum absolute atomic E-state index is 0.00410. The number of ether oxygens (including phenoxy) is 3. The summed E-state index contributed by atoms with van der Waals surface area (Å²) in [6, 6.07) is 15.2. The summed E-state index contributed by atoms with van der Waals surface area (Å²) in [6.07, 6.45) is 0. The second kappa shape index (κ2) is 10.9. The average Bonchev–Trinajstić information content (AvgIpc) is 2.83. The Labute approximate surface area is 208 Å². The van der Waals surface area contributed by atoms with Crippen LogP contribution < -0.4 is 23.8 Å². The first-order chi connectivity index (χ1) is 16.2. The standard InChI is InChI=1S/C23H22Cl2N2O6S/c1-31-20-10-9-15(24)11-19(20)27(34(29,30)16-7-5-4-6-8-16)14-23(28)26-18-13-21(32-2)17(25)12-22(18)33-3/h4-13H,14H2,1-3H3,(H,26,28). The third-order valence-electron chi connectivity index (χ3n) is 4.78. The van der Waals surface area contributed by atoms with Crippen LogP contribution >= 0.6 is 23.2 Å². The zero-order valence-corrected chi connectivity index (χ0v) is 20.9. The molecular formula is C23H22Cl2N2O6S. The maximum Gasteiger partial charge on any atom is 0.264 e. The molecule has 180 valence electrons. The van der Waals surface area contributed by atoms with Gasteiger partial charge in [-0.2, -0.15) is 0 Å². The van der Waals surface area contributed by atoms with Crippen molar-refractivity contribution in [2.24, 2.45) is 0 Å². The van der Waals surface area contributed by atoms with Crippen LogP contribution in [0, 0.1) is 0 Å². The molecule has 1 N–H and O–H groups in total. The van der Waals surface area contributed by atoms with Crippen LogP contribution in [0.5, 0.6) is 17.2 Å². The van der Waals surface area contributed by atoms with Gasteiger partial charge in [-0.1, -0.05) is 41.4 Å².